The molecule has 2 unspecified atom stereocenters. The van der Waals surface area contributed by atoms with E-state index < -0.39 is 11.4 Å². The number of H-pyrrole nitrogens is 1. The standard InChI is InChI=1S/C20H23FN2O3/c1-11-2-6-17(21)19-16(11)8-12(22-20(19)26)3-7-18(25)23-13-4-5-14(23)10-15(24)9-13/h2,6,8,13-15,24H,3-5,7,9-10H2,1H3,(H,22,26). The number of aromatic amines is 1. The molecule has 3 heterocycles. The average Bonchev–Trinajstić information content (AvgIpc) is 2.87. The number of amides is 1. The number of carbonyl (C=O) groups excluding carboxylic acids is 1. The molecule has 2 saturated heterocycles. The minimum absolute atomic E-state index is 0.0707. The normalized spacial score (nSPS) is 25.0. The summed E-state index contributed by atoms with van der Waals surface area (Å²) in [6.07, 6.45) is 3.65. The fourth-order valence-electron chi connectivity index (χ4n) is 4.59. The number of nitrogens with one attached hydrogen (secondary N) is 1. The van der Waals surface area contributed by atoms with Gasteiger partial charge < -0.3 is 15.0 Å². The molecule has 1 aromatic heterocycles. The SMILES string of the molecule is Cc1ccc(F)c2c(=O)[nH]c(CCC(=O)N3C4CCC3CC(O)C4)cc12. The molecule has 2 aliphatic heterocycles. The molecule has 6 heteroatoms. The van der Waals surface area contributed by atoms with Gasteiger partial charge in [0.1, 0.15) is 5.82 Å². The van der Waals surface area contributed by atoms with Gasteiger partial charge in [-0.25, -0.2) is 4.39 Å². The van der Waals surface area contributed by atoms with Crippen LogP contribution in [0.25, 0.3) is 10.8 Å². The van der Waals surface area contributed by atoms with Crippen LogP contribution in [0, 0.1) is 12.7 Å². The van der Waals surface area contributed by atoms with E-state index in [-0.39, 0.29) is 29.5 Å². The second-order valence-electron chi connectivity index (χ2n) is 7.59. The van der Waals surface area contributed by atoms with Gasteiger partial charge >= 0.3 is 0 Å². The van der Waals surface area contributed by atoms with Gasteiger partial charge in [-0.2, -0.15) is 0 Å². The Morgan fingerprint density at radius 2 is 2.00 bits per heavy atom. The van der Waals surface area contributed by atoms with Crippen molar-refractivity contribution in [2.75, 3.05) is 0 Å². The first-order chi connectivity index (χ1) is 12.4. The van der Waals surface area contributed by atoms with Crippen molar-refractivity contribution in [1.29, 1.82) is 0 Å². The molecule has 1 aromatic carbocycles. The average molecular weight is 358 g/mol. The zero-order valence-electron chi connectivity index (χ0n) is 14.8. The second kappa shape index (κ2) is 6.50. The highest BCUT2D eigenvalue weighted by Crippen LogP contribution is 2.36. The van der Waals surface area contributed by atoms with Gasteiger partial charge in [0.25, 0.3) is 5.56 Å². The number of aliphatic hydroxyl groups excluding tert-OH is 1. The van der Waals surface area contributed by atoms with Crippen molar-refractivity contribution < 1.29 is 14.3 Å². The molecular formula is C20H23FN2O3. The Labute approximate surface area is 150 Å². The third-order valence-electron chi connectivity index (χ3n) is 5.84. The van der Waals surface area contributed by atoms with Crippen LogP contribution in [0.15, 0.2) is 23.0 Å². The molecule has 2 fully saturated rings. The Hall–Kier alpha value is -2.21. The maximum absolute atomic E-state index is 13.9. The van der Waals surface area contributed by atoms with E-state index in [4.69, 9.17) is 0 Å². The van der Waals surface area contributed by atoms with Gasteiger partial charge in [0.05, 0.1) is 11.5 Å². The number of aryl methyl sites for hydroxylation is 2. The summed E-state index contributed by atoms with van der Waals surface area (Å²) < 4.78 is 13.9. The van der Waals surface area contributed by atoms with Gasteiger partial charge in [-0.1, -0.05) is 6.07 Å². The van der Waals surface area contributed by atoms with Crippen LogP contribution < -0.4 is 5.56 Å². The lowest BCUT2D eigenvalue weighted by molar-refractivity contribution is -0.137. The van der Waals surface area contributed by atoms with Gasteiger partial charge in [-0.15, -0.1) is 0 Å². The lowest BCUT2D eigenvalue weighted by atomic mass is 9.99. The summed E-state index contributed by atoms with van der Waals surface area (Å²) in [4.78, 5) is 29.6. The number of aromatic nitrogens is 1. The molecule has 5 nitrogen and oxygen atoms in total. The lowest BCUT2D eigenvalue weighted by Crippen LogP contribution is -2.48. The van der Waals surface area contributed by atoms with Gasteiger partial charge in [-0.3, -0.25) is 9.59 Å². The van der Waals surface area contributed by atoms with Crippen molar-refractivity contribution in [3.63, 3.8) is 0 Å². The van der Waals surface area contributed by atoms with E-state index in [9.17, 15) is 19.1 Å². The van der Waals surface area contributed by atoms with Crippen LogP contribution in [0.2, 0.25) is 0 Å². The predicted octanol–water partition coefficient (Wildman–Crippen LogP) is 2.42. The summed E-state index contributed by atoms with van der Waals surface area (Å²) in [5, 5.41) is 10.5. The predicted molar refractivity (Wildman–Crippen MR) is 96.5 cm³/mol. The van der Waals surface area contributed by atoms with Crippen LogP contribution in [0.4, 0.5) is 4.39 Å². The maximum Gasteiger partial charge on any atom is 0.259 e. The number of rotatable bonds is 3. The van der Waals surface area contributed by atoms with Gasteiger partial charge in [-0.05, 0) is 62.1 Å². The van der Waals surface area contributed by atoms with Crippen molar-refractivity contribution in [3.05, 3.63) is 45.6 Å². The van der Waals surface area contributed by atoms with Crippen LogP contribution in [-0.2, 0) is 11.2 Å². The summed E-state index contributed by atoms with van der Waals surface area (Å²) in [5.74, 6) is -0.459. The van der Waals surface area contributed by atoms with Crippen molar-refractivity contribution >= 4 is 16.7 Å². The number of hydrogen-bond acceptors (Lipinski definition) is 3. The first-order valence-electron chi connectivity index (χ1n) is 9.24. The molecule has 0 radical (unpaired) electrons. The molecule has 4 rings (SSSR count). The first-order valence-corrected chi connectivity index (χ1v) is 9.24. The van der Waals surface area contributed by atoms with Gasteiger partial charge in [0.2, 0.25) is 5.91 Å². The summed E-state index contributed by atoms with van der Waals surface area (Å²) in [6.45, 7) is 1.84. The summed E-state index contributed by atoms with van der Waals surface area (Å²) in [5.41, 5.74) is 1.03. The van der Waals surface area contributed by atoms with Crippen molar-refractivity contribution in [1.82, 2.24) is 9.88 Å². The zero-order chi connectivity index (χ0) is 18.4. The molecule has 0 aliphatic carbocycles. The van der Waals surface area contributed by atoms with Crippen LogP contribution in [0.3, 0.4) is 0 Å². The highest BCUT2D eigenvalue weighted by Gasteiger charge is 2.42. The molecule has 26 heavy (non-hydrogen) atoms. The van der Waals surface area contributed by atoms with Crippen molar-refractivity contribution in [2.24, 2.45) is 0 Å². The van der Waals surface area contributed by atoms with Crippen LogP contribution in [-0.4, -0.2) is 39.1 Å². The van der Waals surface area contributed by atoms with Gasteiger partial charge in [0.15, 0.2) is 0 Å². The largest absolute Gasteiger partial charge is 0.393 e. The number of halogens is 1. The third-order valence-corrected chi connectivity index (χ3v) is 5.84. The Bertz CT molecular complexity index is 909. The number of benzene rings is 1. The highest BCUT2D eigenvalue weighted by atomic mass is 19.1. The van der Waals surface area contributed by atoms with E-state index in [0.717, 1.165) is 18.4 Å². The maximum atomic E-state index is 13.9. The fraction of sp³-hybridized carbons (Fsp3) is 0.500. The summed E-state index contributed by atoms with van der Waals surface area (Å²) >= 11 is 0. The van der Waals surface area contributed by atoms with E-state index >= 15 is 0 Å². The fourth-order valence-corrected chi connectivity index (χ4v) is 4.59. The quantitative estimate of drug-likeness (QED) is 0.885. The molecule has 0 spiro atoms. The molecule has 2 N–H and O–H groups in total. The topological polar surface area (TPSA) is 73.4 Å². The van der Waals surface area contributed by atoms with Gasteiger partial charge in [0, 0.05) is 24.2 Å². The molecule has 2 aromatic rings. The first kappa shape index (κ1) is 17.2. The number of aliphatic hydroxyl groups is 1. The molecule has 2 atom stereocenters. The van der Waals surface area contributed by atoms with Crippen molar-refractivity contribution in [2.45, 2.75) is 63.6 Å². The summed E-state index contributed by atoms with van der Waals surface area (Å²) in [7, 11) is 0. The Kier molecular flexibility index (Phi) is 4.31. The third kappa shape index (κ3) is 2.92. The zero-order valence-corrected chi connectivity index (χ0v) is 14.8. The monoisotopic (exact) mass is 358 g/mol. The molecule has 138 valence electrons. The molecular weight excluding hydrogens is 335 g/mol. The minimum Gasteiger partial charge on any atom is -0.393 e. The minimum atomic E-state index is -0.530. The van der Waals surface area contributed by atoms with E-state index in [1.165, 1.54) is 6.07 Å². The number of fused-ring (bicyclic) bond motifs is 3. The lowest BCUT2D eigenvalue weighted by Gasteiger charge is -2.37. The smallest absolute Gasteiger partial charge is 0.259 e. The number of piperidine rings is 1. The van der Waals surface area contributed by atoms with E-state index in [1.54, 1.807) is 12.1 Å². The Morgan fingerprint density at radius 1 is 1.31 bits per heavy atom. The Morgan fingerprint density at radius 3 is 2.69 bits per heavy atom. The van der Waals surface area contributed by atoms with E-state index in [1.807, 2.05) is 11.8 Å². The van der Waals surface area contributed by atoms with E-state index in [2.05, 4.69) is 4.98 Å². The number of pyridine rings is 1. The number of nitrogens with zero attached hydrogens (tertiary/aromatic N) is 1. The molecule has 2 bridgehead atoms. The molecule has 1 amide bonds. The van der Waals surface area contributed by atoms with E-state index in [0.29, 0.717) is 36.8 Å². The second-order valence-corrected chi connectivity index (χ2v) is 7.59. The highest BCUT2D eigenvalue weighted by molar-refractivity contribution is 5.85. The van der Waals surface area contributed by atoms with Crippen LogP contribution in [0.1, 0.15) is 43.4 Å². The molecule has 2 aliphatic rings. The number of carbonyl (C=O) groups is 1. The van der Waals surface area contributed by atoms with Crippen LogP contribution >= 0.6 is 0 Å². The summed E-state index contributed by atoms with van der Waals surface area (Å²) in [6, 6.07) is 5.02. The molecule has 0 saturated carbocycles. The Balaban J connectivity index is 1.53. The number of hydrogen-bond donors (Lipinski definition) is 2. The van der Waals surface area contributed by atoms with Crippen LogP contribution in [0.5, 0.6) is 0 Å². The van der Waals surface area contributed by atoms with Crippen molar-refractivity contribution in [3.8, 4) is 0 Å².